The second-order valence-electron chi connectivity index (χ2n) is 6.32. The Kier molecular flexibility index (Phi) is 6.64. The summed E-state index contributed by atoms with van der Waals surface area (Å²) in [6.45, 7) is 0.342. The maximum atomic E-state index is 13.5. The smallest absolute Gasteiger partial charge is 0.375 e. The summed E-state index contributed by atoms with van der Waals surface area (Å²) in [5.41, 5.74) is 0.421. The number of rotatable bonds is 6. The van der Waals surface area contributed by atoms with Crippen LogP contribution in [0.15, 0.2) is 39.2 Å². The van der Waals surface area contributed by atoms with Gasteiger partial charge in [-0.25, -0.2) is 18.0 Å². The van der Waals surface area contributed by atoms with Gasteiger partial charge < -0.3 is 19.8 Å². The molecule has 2 N–H and O–H groups in total. The maximum absolute atomic E-state index is 13.5. The van der Waals surface area contributed by atoms with E-state index in [1.807, 2.05) is 5.32 Å². The first-order valence-corrected chi connectivity index (χ1v) is 9.52. The van der Waals surface area contributed by atoms with Crippen molar-refractivity contribution in [2.24, 2.45) is 0 Å². The summed E-state index contributed by atoms with van der Waals surface area (Å²) in [7, 11) is 0. The van der Waals surface area contributed by atoms with Gasteiger partial charge in [0.2, 0.25) is 11.7 Å². The zero-order chi connectivity index (χ0) is 22.7. The lowest BCUT2D eigenvalue weighted by molar-refractivity contribution is -0.126. The molecular weight excluding hydrogens is 485 g/mol. The van der Waals surface area contributed by atoms with E-state index in [0.717, 1.165) is 10.5 Å². The third kappa shape index (κ3) is 5.05. The number of hydrogen-bond acceptors (Lipinski definition) is 5. The molecule has 0 aliphatic rings. The average molecular weight is 499 g/mol. The van der Waals surface area contributed by atoms with Gasteiger partial charge in [-0.15, -0.1) is 0 Å². The van der Waals surface area contributed by atoms with Gasteiger partial charge in [-0.05, 0) is 37.3 Å². The van der Waals surface area contributed by atoms with E-state index in [4.69, 9.17) is 9.15 Å². The molecule has 0 spiro atoms. The lowest BCUT2D eigenvalue weighted by atomic mass is 10.1. The van der Waals surface area contributed by atoms with Gasteiger partial charge >= 0.3 is 5.97 Å². The van der Waals surface area contributed by atoms with Crippen LogP contribution in [0.5, 0.6) is 0 Å². The van der Waals surface area contributed by atoms with Gasteiger partial charge in [0, 0.05) is 15.4 Å². The first-order valence-electron chi connectivity index (χ1n) is 8.73. The minimum Gasteiger partial charge on any atom is -0.450 e. The van der Waals surface area contributed by atoms with Gasteiger partial charge in [-0.1, -0.05) is 15.9 Å². The number of carbonyl (C=O) groups is 3. The molecule has 0 saturated heterocycles. The molecule has 7 nitrogen and oxygen atoms in total. The van der Waals surface area contributed by atoms with Gasteiger partial charge in [0.25, 0.3) is 5.91 Å². The molecule has 3 aromatic rings. The quantitative estimate of drug-likeness (QED) is 0.397. The number of benzene rings is 2. The molecule has 0 atom stereocenters. The number of ether oxygens (including phenoxy) is 1. The molecule has 3 rings (SSSR count). The van der Waals surface area contributed by atoms with E-state index in [0.29, 0.717) is 22.6 Å². The summed E-state index contributed by atoms with van der Waals surface area (Å²) >= 11 is 3.32. The predicted molar refractivity (Wildman–Crippen MR) is 107 cm³/mol. The Morgan fingerprint density at radius 1 is 1.06 bits per heavy atom. The minimum atomic E-state index is -1.73. The van der Waals surface area contributed by atoms with Gasteiger partial charge in [-0.2, -0.15) is 0 Å². The highest BCUT2D eigenvalue weighted by molar-refractivity contribution is 9.10. The van der Waals surface area contributed by atoms with Crippen LogP contribution >= 0.6 is 15.9 Å². The zero-order valence-electron chi connectivity index (χ0n) is 15.9. The van der Waals surface area contributed by atoms with Gasteiger partial charge in [-0.3, -0.25) is 9.59 Å². The van der Waals surface area contributed by atoms with Crippen molar-refractivity contribution in [2.75, 3.05) is 18.5 Å². The summed E-state index contributed by atoms with van der Waals surface area (Å²) in [4.78, 5) is 35.8. The molecule has 0 saturated carbocycles. The number of amides is 2. The standard InChI is InChI=1S/C20H14BrF3N2O5/c1-9-11-6-10(21)2-5-14(11)31-19(9)20(29)30-8-16(28)25-7-15(27)26-13-4-3-12(22)17(23)18(13)24/h2-6H,7-8H2,1H3,(H,25,28)(H,26,27). The Morgan fingerprint density at radius 2 is 1.81 bits per heavy atom. The third-order valence-electron chi connectivity index (χ3n) is 4.17. The van der Waals surface area contributed by atoms with E-state index in [1.165, 1.54) is 0 Å². The van der Waals surface area contributed by atoms with Crippen molar-refractivity contribution >= 4 is 50.4 Å². The van der Waals surface area contributed by atoms with E-state index < -0.39 is 54.1 Å². The second kappa shape index (κ2) is 9.21. The number of anilines is 1. The van der Waals surface area contributed by atoms with Gasteiger partial charge in [0.1, 0.15) is 5.58 Å². The SMILES string of the molecule is Cc1c(C(=O)OCC(=O)NCC(=O)Nc2ccc(F)c(F)c2F)oc2ccc(Br)cc12. The highest BCUT2D eigenvalue weighted by Crippen LogP contribution is 2.28. The average Bonchev–Trinajstić information content (AvgIpc) is 3.07. The fourth-order valence-electron chi connectivity index (χ4n) is 2.63. The fraction of sp³-hybridized carbons (Fsp3) is 0.150. The Labute approximate surface area is 181 Å². The number of carbonyl (C=O) groups excluding carboxylic acids is 3. The number of halogens is 4. The van der Waals surface area contributed by atoms with E-state index in [9.17, 15) is 27.6 Å². The Bertz CT molecular complexity index is 1200. The number of esters is 1. The Hall–Kier alpha value is -3.34. The summed E-state index contributed by atoms with van der Waals surface area (Å²) in [5, 5.41) is 4.84. The number of aryl methyl sites for hydroxylation is 1. The molecular formula is C20H14BrF3N2O5. The molecule has 1 aromatic heterocycles. The van der Waals surface area contributed by atoms with Crippen molar-refractivity contribution in [1.29, 1.82) is 0 Å². The summed E-state index contributed by atoms with van der Waals surface area (Å²) in [5.74, 6) is -7.35. The highest BCUT2D eigenvalue weighted by atomic mass is 79.9. The molecule has 0 aliphatic heterocycles. The van der Waals surface area contributed by atoms with Crippen LogP contribution in [0.25, 0.3) is 11.0 Å². The van der Waals surface area contributed by atoms with Crippen LogP contribution in [0, 0.1) is 24.4 Å². The molecule has 0 unspecified atom stereocenters. The molecule has 0 bridgehead atoms. The fourth-order valence-corrected chi connectivity index (χ4v) is 2.99. The largest absolute Gasteiger partial charge is 0.450 e. The molecule has 31 heavy (non-hydrogen) atoms. The molecule has 11 heteroatoms. The predicted octanol–water partition coefficient (Wildman–Crippen LogP) is 3.83. The van der Waals surface area contributed by atoms with Crippen molar-refractivity contribution in [1.82, 2.24) is 5.32 Å². The topological polar surface area (TPSA) is 97.6 Å². The van der Waals surface area contributed by atoms with Crippen molar-refractivity contribution in [3.05, 3.63) is 63.6 Å². The first kappa shape index (κ1) is 22.3. The van der Waals surface area contributed by atoms with Crippen LogP contribution < -0.4 is 10.6 Å². The summed E-state index contributed by atoms with van der Waals surface area (Å²) in [6.07, 6.45) is 0. The first-order chi connectivity index (χ1) is 14.7. The molecule has 0 aliphatic carbocycles. The molecule has 0 fully saturated rings. The molecule has 162 valence electrons. The maximum Gasteiger partial charge on any atom is 0.375 e. The number of nitrogens with one attached hydrogen (secondary N) is 2. The van der Waals surface area contributed by atoms with Gasteiger partial charge in [0.15, 0.2) is 24.1 Å². The van der Waals surface area contributed by atoms with Crippen molar-refractivity contribution in [2.45, 2.75) is 6.92 Å². The van der Waals surface area contributed by atoms with E-state index in [1.54, 1.807) is 25.1 Å². The summed E-state index contributed by atoms with van der Waals surface area (Å²) in [6, 6.07) is 6.66. The highest BCUT2D eigenvalue weighted by Gasteiger charge is 2.21. The van der Waals surface area contributed by atoms with E-state index in [-0.39, 0.29) is 5.76 Å². The van der Waals surface area contributed by atoms with Crippen LogP contribution in [-0.2, 0) is 14.3 Å². The Balaban J connectivity index is 1.51. The normalized spacial score (nSPS) is 10.7. The van der Waals surface area contributed by atoms with Crippen LogP contribution in [0.3, 0.4) is 0 Å². The van der Waals surface area contributed by atoms with Crippen LogP contribution in [0.2, 0.25) is 0 Å². The summed E-state index contributed by atoms with van der Waals surface area (Å²) < 4.78 is 50.7. The minimum absolute atomic E-state index is 0.0625. The molecule has 2 aromatic carbocycles. The third-order valence-corrected chi connectivity index (χ3v) is 4.67. The van der Waals surface area contributed by atoms with Crippen molar-refractivity contribution < 1.29 is 36.7 Å². The lowest BCUT2D eigenvalue weighted by Crippen LogP contribution is -2.35. The van der Waals surface area contributed by atoms with Crippen LogP contribution in [0.1, 0.15) is 16.1 Å². The molecule has 0 radical (unpaired) electrons. The van der Waals surface area contributed by atoms with Crippen LogP contribution in [0.4, 0.5) is 18.9 Å². The monoisotopic (exact) mass is 498 g/mol. The van der Waals surface area contributed by atoms with Crippen LogP contribution in [-0.4, -0.2) is 30.9 Å². The number of hydrogen-bond donors (Lipinski definition) is 2. The lowest BCUT2D eigenvalue weighted by Gasteiger charge is -2.08. The van der Waals surface area contributed by atoms with Crippen molar-refractivity contribution in [3.63, 3.8) is 0 Å². The number of fused-ring (bicyclic) bond motifs is 1. The van der Waals surface area contributed by atoms with E-state index in [2.05, 4.69) is 21.2 Å². The van der Waals surface area contributed by atoms with Gasteiger partial charge in [0.05, 0.1) is 12.2 Å². The zero-order valence-corrected chi connectivity index (χ0v) is 17.4. The molecule has 2 amide bonds. The Morgan fingerprint density at radius 3 is 2.55 bits per heavy atom. The second-order valence-corrected chi connectivity index (χ2v) is 7.24. The number of furan rings is 1. The van der Waals surface area contributed by atoms with E-state index >= 15 is 0 Å². The van der Waals surface area contributed by atoms with Crippen molar-refractivity contribution in [3.8, 4) is 0 Å². The molecule has 1 heterocycles.